The van der Waals surface area contributed by atoms with E-state index in [1.54, 1.807) is 0 Å². The maximum atomic E-state index is 4.17. The lowest BCUT2D eigenvalue weighted by Gasteiger charge is -2.47. The largest absolute Gasteiger partial charge is 0.311 e. The Bertz CT molecular complexity index is 483. The fourth-order valence-electron chi connectivity index (χ4n) is 7.52. The molecule has 3 rings (SSSR count). The Morgan fingerprint density at radius 3 is 1.65 bits per heavy atom. The number of piperazine rings is 1. The average Bonchev–Trinajstić information content (AvgIpc) is 2.88. The van der Waals surface area contributed by atoms with Gasteiger partial charge in [-0.1, -0.05) is 129 Å². The van der Waals surface area contributed by atoms with Gasteiger partial charge in [-0.3, -0.25) is 0 Å². The summed E-state index contributed by atoms with van der Waals surface area (Å²) in [5, 5.41) is 8.21. The maximum absolute atomic E-state index is 4.17. The lowest BCUT2D eigenvalue weighted by Crippen LogP contribution is -2.64. The molecule has 0 amide bonds. The smallest absolute Gasteiger partial charge is 0.0224 e. The van der Waals surface area contributed by atoms with E-state index in [0.29, 0.717) is 0 Å². The summed E-state index contributed by atoms with van der Waals surface area (Å²) in [6.45, 7) is 5.87. The SMILES string of the molecule is CCCCCCCCCCC1CCC2NC(C3CCC(CCCCCCCC)CC3)CNC2C1. The zero-order valence-corrected chi connectivity index (χ0v) is 23.4. The number of rotatable bonds is 17. The lowest BCUT2D eigenvalue weighted by atomic mass is 9.74. The molecule has 2 nitrogen and oxygen atoms in total. The highest BCUT2D eigenvalue weighted by Crippen LogP contribution is 2.36. The second-order valence-corrected chi connectivity index (χ2v) is 12.7. The summed E-state index contributed by atoms with van der Waals surface area (Å²) in [5.74, 6) is 2.97. The first-order valence-corrected chi connectivity index (χ1v) is 16.3. The van der Waals surface area contributed by atoms with E-state index in [1.165, 1.54) is 154 Å². The van der Waals surface area contributed by atoms with Crippen LogP contribution in [0.15, 0.2) is 0 Å². The van der Waals surface area contributed by atoms with E-state index in [4.69, 9.17) is 0 Å². The van der Waals surface area contributed by atoms with Gasteiger partial charge in [-0.2, -0.15) is 0 Å². The van der Waals surface area contributed by atoms with Crippen molar-refractivity contribution in [2.45, 2.75) is 180 Å². The van der Waals surface area contributed by atoms with Gasteiger partial charge in [0.25, 0.3) is 0 Å². The molecule has 1 heterocycles. The molecular weight excluding hydrogens is 412 g/mol. The van der Waals surface area contributed by atoms with E-state index >= 15 is 0 Å². The number of nitrogens with one attached hydrogen (secondary N) is 2. The Morgan fingerprint density at radius 1 is 0.500 bits per heavy atom. The zero-order chi connectivity index (χ0) is 23.8. The highest BCUT2D eigenvalue weighted by atomic mass is 15.1. The van der Waals surface area contributed by atoms with Crippen LogP contribution in [-0.2, 0) is 0 Å². The molecule has 4 atom stereocenters. The summed E-state index contributed by atoms with van der Waals surface area (Å²) >= 11 is 0. The normalized spacial score (nSPS) is 31.9. The van der Waals surface area contributed by atoms with Crippen LogP contribution in [0.4, 0.5) is 0 Å². The van der Waals surface area contributed by atoms with Crippen molar-refractivity contribution in [3.8, 4) is 0 Å². The molecule has 2 saturated carbocycles. The van der Waals surface area contributed by atoms with Gasteiger partial charge in [-0.15, -0.1) is 0 Å². The van der Waals surface area contributed by atoms with Crippen LogP contribution in [0.1, 0.15) is 162 Å². The predicted molar refractivity (Wildman–Crippen MR) is 151 cm³/mol. The zero-order valence-electron chi connectivity index (χ0n) is 23.4. The molecule has 0 radical (unpaired) electrons. The van der Waals surface area contributed by atoms with Gasteiger partial charge in [0.15, 0.2) is 0 Å². The third-order valence-electron chi connectivity index (χ3n) is 9.88. The minimum atomic E-state index is 0.750. The lowest BCUT2D eigenvalue weighted by molar-refractivity contribution is 0.122. The first kappa shape index (κ1) is 28.5. The second-order valence-electron chi connectivity index (χ2n) is 12.7. The van der Waals surface area contributed by atoms with Crippen LogP contribution in [0.5, 0.6) is 0 Å². The molecule has 3 aliphatic rings. The second kappa shape index (κ2) is 17.4. The number of hydrogen-bond donors (Lipinski definition) is 2. The molecule has 1 aliphatic heterocycles. The molecule has 0 bridgehead atoms. The van der Waals surface area contributed by atoms with Crippen LogP contribution in [0.3, 0.4) is 0 Å². The van der Waals surface area contributed by atoms with E-state index in [1.807, 2.05) is 0 Å². The fraction of sp³-hybridized carbons (Fsp3) is 1.00. The molecule has 2 heteroatoms. The predicted octanol–water partition coefficient (Wildman–Crippen LogP) is 9.17. The molecule has 34 heavy (non-hydrogen) atoms. The Labute approximate surface area is 214 Å². The summed E-state index contributed by atoms with van der Waals surface area (Å²) in [6, 6.07) is 2.27. The maximum Gasteiger partial charge on any atom is 0.0224 e. The third-order valence-corrected chi connectivity index (χ3v) is 9.88. The van der Waals surface area contributed by atoms with Gasteiger partial charge in [-0.25, -0.2) is 0 Å². The minimum absolute atomic E-state index is 0.750. The number of fused-ring (bicyclic) bond motifs is 1. The van der Waals surface area contributed by atoms with Crippen molar-refractivity contribution < 1.29 is 0 Å². The van der Waals surface area contributed by atoms with Crippen LogP contribution in [-0.4, -0.2) is 24.7 Å². The van der Waals surface area contributed by atoms with Gasteiger partial charge in [-0.05, 0) is 49.9 Å². The van der Waals surface area contributed by atoms with Crippen molar-refractivity contribution in [3.05, 3.63) is 0 Å². The van der Waals surface area contributed by atoms with Gasteiger partial charge in [0.05, 0.1) is 0 Å². The Kier molecular flexibility index (Phi) is 14.6. The Balaban J connectivity index is 1.22. The van der Waals surface area contributed by atoms with Gasteiger partial charge in [0.2, 0.25) is 0 Å². The molecule has 2 N–H and O–H groups in total. The minimum Gasteiger partial charge on any atom is -0.311 e. The molecule has 0 aromatic rings. The molecule has 0 aromatic carbocycles. The monoisotopic (exact) mass is 474 g/mol. The summed E-state index contributed by atoms with van der Waals surface area (Å²) in [5.41, 5.74) is 0. The molecule has 200 valence electrons. The van der Waals surface area contributed by atoms with Crippen molar-refractivity contribution in [1.82, 2.24) is 10.6 Å². The average molecular weight is 475 g/mol. The number of hydrogen-bond acceptors (Lipinski definition) is 2. The molecule has 2 aliphatic carbocycles. The summed E-state index contributed by atoms with van der Waals surface area (Å²) in [7, 11) is 0. The summed E-state index contributed by atoms with van der Waals surface area (Å²) < 4.78 is 0. The van der Waals surface area contributed by atoms with E-state index in [0.717, 1.165) is 35.9 Å². The Morgan fingerprint density at radius 2 is 1.03 bits per heavy atom. The van der Waals surface area contributed by atoms with E-state index in [-0.39, 0.29) is 0 Å². The molecule has 0 spiro atoms. The van der Waals surface area contributed by atoms with Crippen molar-refractivity contribution in [3.63, 3.8) is 0 Å². The van der Waals surface area contributed by atoms with Gasteiger partial charge < -0.3 is 10.6 Å². The van der Waals surface area contributed by atoms with E-state index in [2.05, 4.69) is 24.5 Å². The van der Waals surface area contributed by atoms with Crippen LogP contribution < -0.4 is 10.6 Å². The topological polar surface area (TPSA) is 24.1 Å². The van der Waals surface area contributed by atoms with Gasteiger partial charge >= 0.3 is 0 Å². The van der Waals surface area contributed by atoms with Gasteiger partial charge in [0, 0.05) is 24.7 Å². The van der Waals surface area contributed by atoms with E-state index < -0.39 is 0 Å². The first-order valence-electron chi connectivity index (χ1n) is 16.3. The molecule has 3 fully saturated rings. The molecule has 4 unspecified atom stereocenters. The van der Waals surface area contributed by atoms with Gasteiger partial charge in [0.1, 0.15) is 0 Å². The fourth-order valence-corrected chi connectivity index (χ4v) is 7.52. The van der Waals surface area contributed by atoms with Crippen LogP contribution in [0, 0.1) is 17.8 Å². The quantitative estimate of drug-likeness (QED) is 0.205. The Hall–Kier alpha value is -0.0800. The van der Waals surface area contributed by atoms with E-state index in [9.17, 15) is 0 Å². The molecular formula is C32H62N2. The number of unbranched alkanes of at least 4 members (excludes halogenated alkanes) is 12. The highest BCUT2D eigenvalue weighted by Gasteiger charge is 2.38. The first-order chi connectivity index (χ1) is 16.8. The summed E-state index contributed by atoms with van der Waals surface area (Å²) in [4.78, 5) is 0. The highest BCUT2D eigenvalue weighted by molar-refractivity contribution is 4.98. The summed E-state index contributed by atoms with van der Waals surface area (Å²) in [6.07, 6.45) is 33.7. The standard InChI is InChI=1S/C32H62N2/c1-3-5-7-9-11-12-14-16-18-28-21-24-30-31(25-28)33-26-32(34-30)29-22-19-27(20-23-29)17-15-13-10-8-6-4-2/h27-34H,3-26H2,1-2H3. The van der Waals surface area contributed by atoms with Crippen molar-refractivity contribution >= 4 is 0 Å². The molecule has 0 aromatic heterocycles. The van der Waals surface area contributed by atoms with Crippen LogP contribution in [0.2, 0.25) is 0 Å². The van der Waals surface area contributed by atoms with Crippen LogP contribution in [0.25, 0.3) is 0 Å². The van der Waals surface area contributed by atoms with Crippen molar-refractivity contribution in [2.24, 2.45) is 17.8 Å². The van der Waals surface area contributed by atoms with Crippen LogP contribution >= 0.6 is 0 Å². The molecule has 1 saturated heterocycles. The van der Waals surface area contributed by atoms with Crippen molar-refractivity contribution in [2.75, 3.05) is 6.54 Å². The third kappa shape index (κ3) is 10.5. The van der Waals surface area contributed by atoms with Crippen molar-refractivity contribution in [1.29, 1.82) is 0 Å².